The second-order valence-corrected chi connectivity index (χ2v) is 6.90. The maximum Gasteiger partial charge on any atom is 0.278 e. The van der Waals surface area contributed by atoms with Crippen molar-refractivity contribution in [1.29, 1.82) is 0 Å². The lowest BCUT2D eigenvalue weighted by atomic mass is 10.0. The third-order valence-electron chi connectivity index (χ3n) is 4.03. The lowest BCUT2D eigenvalue weighted by molar-refractivity contribution is -0.353. The molecular formula is C19H40O3. The van der Waals surface area contributed by atoms with Crippen LogP contribution in [0.5, 0.6) is 0 Å². The van der Waals surface area contributed by atoms with E-state index in [4.69, 9.17) is 4.74 Å². The summed E-state index contributed by atoms with van der Waals surface area (Å²) in [5.41, 5.74) is 0. The van der Waals surface area contributed by atoms with Crippen LogP contribution in [0.15, 0.2) is 0 Å². The molecule has 0 fully saturated rings. The molecule has 0 aliphatic rings. The Kier molecular flexibility index (Phi) is 14.4. The molecule has 2 N–H and O–H groups in total. The van der Waals surface area contributed by atoms with Gasteiger partial charge in [-0.25, -0.2) is 0 Å². The van der Waals surface area contributed by atoms with Crippen LogP contribution in [-0.4, -0.2) is 22.3 Å². The van der Waals surface area contributed by atoms with E-state index in [-0.39, 0.29) is 6.10 Å². The third-order valence-corrected chi connectivity index (χ3v) is 4.03. The number of rotatable bonds is 16. The largest absolute Gasteiger partial charge is 0.343 e. The van der Waals surface area contributed by atoms with Crippen molar-refractivity contribution in [2.24, 2.45) is 0 Å². The van der Waals surface area contributed by atoms with Gasteiger partial charge in [0.25, 0.3) is 5.97 Å². The first-order valence-electron chi connectivity index (χ1n) is 9.60. The second-order valence-electron chi connectivity index (χ2n) is 6.90. The van der Waals surface area contributed by atoms with Crippen LogP contribution in [0.1, 0.15) is 111 Å². The summed E-state index contributed by atoms with van der Waals surface area (Å²) in [6.45, 7) is 5.88. The first-order valence-corrected chi connectivity index (χ1v) is 9.60. The topological polar surface area (TPSA) is 49.7 Å². The molecule has 3 nitrogen and oxygen atoms in total. The molecule has 0 aromatic rings. The van der Waals surface area contributed by atoms with Gasteiger partial charge in [0, 0.05) is 6.42 Å². The van der Waals surface area contributed by atoms with E-state index in [1.165, 1.54) is 70.6 Å². The summed E-state index contributed by atoms with van der Waals surface area (Å²) < 4.78 is 5.06. The Bertz CT molecular complexity index is 227. The first-order chi connectivity index (χ1) is 10.5. The van der Waals surface area contributed by atoms with Gasteiger partial charge in [-0.3, -0.25) is 0 Å². The van der Waals surface area contributed by atoms with Crippen LogP contribution in [-0.2, 0) is 4.74 Å². The summed E-state index contributed by atoms with van der Waals surface area (Å²) in [5.74, 6) is -1.94. The minimum absolute atomic E-state index is 0.156. The summed E-state index contributed by atoms with van der Waals surface area (Å²) in [6, 6.07) is 0. The number of hydrogen-bond donors (Lipinski definition) is 2. The average Bonchev–Trinajstić information content (AvgIpc) is 2.42. The maximum atomic E-state index is 9.60. The van der Waals surface area contributed by atoms with Crippen molar-refractivity contribution in [2.75, 3.05) is 0 Å². The number of aliphatic hydroxyl groups is 2. The molecule has 0 rings (SSSR count). The van der Waals surface area contributed by atoms with Crippen LogP contribution in [0.2, 0.25) is 0 Å². The highest BCUT2D eigenvalue weighted by Gasteiger charge is 2.24. The Morgan fingerprint density at radius 2 is 1.05 bits per heavy atom. The smallest absolute Gasteiger partial charge is 0.278 e. The zero-order valence-corrected chi connectivity index (χ0v) is 15.3. The van der Waals surface area contributed by atoms with E-state index >= 15 is 0 Å². The molecule has 0 amide bonds. The van der Waals surface area contributed by atoms with Crippen molar-refractivity contribution >= 4 is 0 Å². The molecule has 0 aromatic carbocycles. The molecule has 0 unspecified atom stereocenters. The Labute approximate surface area is 138 Å². The number of unbranched alkanes of at least 4 members (excludes halogenated alkanes) is 12. The molecule has 0 heterocycles. The summed E-state index contributed by atoms with van der Waals surface area (Å²) in [5, 5.41) is 19.2. The monoisotopic (exact) mass is 316 g/mol. The molecule has 0 bridgehead atoms. The van der Waals surface area contributed by atoms with Crippen molar-refractivity contribution in [3.8, 4) is 0 Å². The maximum absolute atomic E-state index is 9.60. The minimum Gasteiger partial charge on any atom is -0.343 e. The van der Waals surface area contributed by atoms with Crippen LogP contribution in [0.3, 0.4) is 0 Å². The summed E-state index contributed by atoms with van der Waals surface area (Å²) >= 11 is 0. The Hall–Kier alpha value is -0.120. The van der Waals surface area contributed by atoms with Gasteiger partial charge >= 0.3 is 0 Å². The minimum atomic E-state index is -1.94. The standard InChI is InChI=1S/C19H40O3/c1-4-5-6-7-8-9-10-11-12-13-14-15-16-17-19(20,21)22-18(2)3/h18,20-21H,4-17H2,1-3H3. The molecular weight excluding hydrogens is 276 g/mol. The van der Waals surface area contributed by atoms with E-state index in [1.807, 2.05) is 13.8 Å². The molecule has 0 saturated heterocycles. The molecule has 134 valence electrons. The zero-order chi connectivity index (χ0) is 16.7. The van der Waals surface area contributed by atoms with Gasteiger partial charge in [-0.1, -0.05) is 84.0 Å². The van der Waals surface area contributed by atoms with Gasteiger partial charge in [-0.15, -0.1) is 0 Å². The van der Waals surface area contributed by atoms with Crippen LogP contribution in [0.4, 0.5) is 0 Å². The van der Waals surface area contributed by atoms with Gasteiger partial charge in [-0.05, 0) is 20.3 Å². The van der Waals surface area contributed by atoms with Crippen molar-refractivity contribution in [3.63, 3.8) is 0 Å². The molecule has 0 aromatic heterocycles. The van der Waals surface area contributed by atoms with Crippen LogP contribution < -0.4 is 0 Å². The van der Waals surface area contributed by atoms with Crippen LogP contribution in [0.25, 0.3) is 0 Å². The van der Waals surface area contributed by atoms with Crippen molar-refractivity contribution in [3.05, 3.63) is 0 Å². The predicted molar refractivity (Wildman–Crippen MR) is 93.7 cm³/mol. The predicted octanol–water partition coefficient (Wildman–Crippen LogP) is 5.53. The highest BCUT2D eigenvalue weighted by atomic mass is 16.8. The molecule has 0 atom stereocenters. The van der Waals surface area contributed by atoms with Gasteiger partial charge in [0.2, 0.25) is 0 Å². The third kappa shape index (κ3) is 16.3. The van der Waals surface area contributed by atoms with Gasteiger partial charge in [0.05, 0.1) is 6.10 Å². The zero-order valence-electron chi connectivity index (χ0n) is 15.3. The molecule has 0 radical (unpaired) electrons. The molecule has 0 aliphatic carbocycles. The van der Waals surface area contributed by atoms with Crippen molar-refractivity contribution in [1.82, 2.24) is 0 Å². The fraction of sp³-hybridized carbons (Fsp3) is 1.00. The molecule has 3 heteroatoms. The van der Waals surface area contributed by atoms with Crippen LogP contribution >= 0.6 is 0 Å². The van der Waals surface area contributed by atoms with E-state index in [9.17, 15) is 10.2 Å². The normalized spacial score (nSPS) is 12.3. The summed E-state index contributed by atoms with van der Waals surface area (Å²) in [6.07, 6.45) is 16.9. The van der Waals surface area contributed by atoms with Crippen molar-refractivity contribution in [2.45, 2.75) is 123 Å². The molecule has 0 aliphatic heterocycles. The SMILES string of the molecule is CCCCCCCCCCCCCCCC(O)(O)OC(C)C. The fourth-order valence-corrected chi connectivity index (χ4v) is 2.81. The summed E-state index contributed by atoms with van der Waals surface area (Å²) in [4.78, 5) is 0. The van der Waals surface area contributed by atoms with Gasteiger partial charge in [0.15, 0.2) is 0 Å². The van der Waals surface area contributed by atoms with E-state index in [0.29, 0.717) is 6.42 Å². The van der Waals surface area contributed by atoms with Gasteiger partial charge in [-0.2, -0.15) is 0 Å². The lowest BCUT2D eigenvalue weighted by Crippen LogP contribution is -2.34. The van der Waals surface area contributed by atoms with Crippen LogP contribution in [0, 0.1) is 0 Å². The van der Waals surface area contributed by atoms with E-state index in [2.05, 4.69) is 6.92 Å². The van der Waals surface area contributed by atoms with Crippen molar-refractivity contribution < 1.29 is 14.9 Å². The highest BCUT2D eigenvalue weighted by Crippen LogP contribution is 2.17. The number of hydrogen-bond acceptors (Lipinski definition) is 3. The quantitative estimate of drug-likeness (QED) is 0.291. The molecule has 0 saturated carbocycles. The number of ether oxygens (including phenoxy) is 1. The fourth-order valence-electron chi connectivity index (χ4n) is 2.81. The molecule has 22 heavy (non-hydrogen) atoms. The van der Waals surface area contributed by atoms with Gasteiger partial charge < -0.3 is 14.9 Å². The van der Waals surface area contributed by atoms with E-state index in [0.717, 1.165) is 12.8 Å². The molecule has 0 spiro atoms. The van der Waals surface area contributed by atoms with E-state index in [1.54, 1.807) is 0 Å². The van der Waals surface area contributed by atoms with Gasteiger partial charge in [0.1, 0.15) is 0 Å². The first kappa shape index (κ1) is 21.9. The Morgan fingerprint density at radius 3 is 1.41 bits per heavy atom. The highest BCUT2D eigenvalue weighted by molar-refractivity contribution is 4.55. The van der Waals surface area contributed by atoms with E-state index < -0.39 is 5.97 Å². The lowest BCUT2D eigenvalue weighted by Gasteiger charge is -2.24. The Balaban J connectivity index is 3.20. The summed E-state index contributed by atoms with van der Waals surface area (Å²) in [7, 11) is 0. The average molecular weight is 317 g/mol. The second kappa shape index (κ2) is 14.5. The Morgan fingerprint density at radius 1 is 0.682 bits per heavy atom.